The predicted octanol–water partition coefficient (Wildman–Crippen LogP) is 2.81. The average Bonchev–Trinajstić information content (AvgIpc) is 3.42. The van der Waals surface area contributed by atoms with E-state index in [0.29, 0.717) is 56.8 Å². The lowest BCUT2D eigenvalue weighted by molar-refractivity contribution is -0.126. The zero-order valence-corrected chi connectivity index (χ0v) is 24.4. The van der Waals surface area contributed by atoms with Crippen molar-refractivity contribution in [2.24, 2.45) is 0 Å². The van der Waals surface area contributed by atoms with Crippen molar-refractivity contribution in [3.05, 3.63) is 58.8 Å². The predicted molar refractivity (Wildman–Crippen MR) is 160 cm³/mol. The van der Waals surface area contributed by atoms with E-state index in [4.69, 9.17) is 9.72 Å². The Balaban J connectivity index is 1.35. The smallest absolute Gasteiger partial charge is 0.246 e. The summed E-state index contributed by atoms with van der Waals surface area (Å²) in [6, 6.07) is 9.50. The van der Waals surface area contributed by atoms with Crippen LogP contribution in [0.4, 0.5) is 11.4 Å². The van der Waals surface area contributed by atoms with Crippen LogP contribution in [-0.4, -0.2) is 98.1 Å². The van der Waals surface area contributed by atoms with Gasteiger partial charge in [0.1, 0.15) is 18.2 Å². The van der Waals surface area contributed by atoms with Crippen molar-refractivity contribution in [2.75, 3.05) is 76.3 Å². The lowest BCUT2D eigenvalue weighted by Gasteiger charge is -2.40. The van der Waals surface area contributed by atoms with Gasteiger partial charge in [0.15, 0.2) is 0 Å². The third-order valence-electron chi connectivity index (χ3n) is 9.35. The molecule has 0 bridgehead atoms. The first-order valence-electron chi connectivity index (χ1n) is 15.0. The number of benzene rings is 1. The molecule has 1 aromatic heterocycles. The Bertz CT molecular complexity index is 1360. The molecule has 2 aromatic rings. The van der Waals surface area contributed by atoms with Gasteiger partial charge < -0.3 is 29.2 Å². The molecular formula is C32H41N7O2. The van der Waals surface area contributed by atoms with E-state index in [1.165, 1.54) is 22.9 Å². The molecular weight excluding hydrogens is 514 g/mol. The maximum absolute atomic E-state index is 12.2. The van der Waals surface area contributed by atoms with Crippen molar-refractivity contribution in [1.82, 2.24) is 19.7 Å². The van der Waals surface area contributed by atoms with Gasteiger partial charge in [-0.2, -0.15) is 5.26 Å². The lowest BCUT2D eigenvalue weighted by Crippen LogP contribution is -2.49. The van der Waals surface area contributed by atoms with Crippen LogP contribution in [0.3, 0.4) is 0 Å². The maximum Gasteiger partial charge on any atom is 0.246 e. The highest BCUT2D eigenvalue weighted by molar-refractivity contribution is 5.87. The third kappa shape index (κ3) is 5.39. The Hall–Kier alpha value is -3.61. The molecule has 6 rings (SSSR count). The van der Waals surface area contributed by atoms with Crippen LogP contribution >= 0.6 is 0 Å². The topological polar surface area (TPSA) is 79.2 Å². The van der Waals surface area contributed by atoms with E-state index in [-0.39, 0.29) is 5.91 Å². The van der Waals surface area contributed by atoms with Gasteiger partial charge in [-0.3, -0.25) is 4.79 Å². The molecule has 2 saturated heterocycles. The summed E-state index contributed by atoms with van der Waals surface area (Å²) in [6.45, 7) is 11.4. The fraction of sp³-hybridized carbons (Fsp3) is 0.531. The summed E-state index contributed by atoms with van der Waals surface area (Å²) < 4.78 is 6.40. The quantitative estimate of drug-likeness (QED) is 0.504. The summed E-state index contributed by atoms with van der Waals surface area (Å²) in [7, 11) is 4.33. The molecule has 4 aliphatic heterocycles. The molecule has 216 valence electrons. The van der Waals surface area contributed by atoms with Gasteiger partial charge in [-0.05, 0) is 69.6 Å². The number of carbonyl (C=O) groups is 1. The molecule has 5 heterocycles. The lowest BCUT2D eigenvalue weighted by atomic mass is 9.94. The second kappa shape index (κ2) is 11.7. The number of carbonyl (C=O) groups excluding carboxylic acids is 1. The van der Waals surface area contributed by atoms with Gasteiger partial charge in [-0.25, -0.2) is 4.98 Å². The fourth-order valence-corrected chi connectivity index (χ4v) is 6.93. The molecule has 0 aliphatic carbocycles. The molecule has 9 heteroatoms. The molecule has 0 radical (unpaired) electrons. The van der Waals surface area contributed by atoms with Crippen molar-refractivity contribution in [3.63, 3.8) is 0 Å². The summed E-state index contributed by atoms with van der Waals surface area (Å²) in [6.07, 6.45) is 5.52. The van der Waals surface area contributed by atoms with Gasteiger partial charge in [-0.15, -0.1) is 0 Å². The van der Waals surface area contributed by atoms with Gasteiger partial charge in [0.2, 0.25) is 11.8 Å². The SMILES string of the molecule is C=CC(=O)N1CCN(c2c(C#N)c(OC[C@@H]3CCCN3C)nc3c2CCN(c2cccc4c2CN(C)CC4)C3)CC1. The molecule has 1 atom stereocenters. The third-order valence-corrected chi connectivity index (χ3v) is 9.35. The van der Waals surface area contributed by atoms with E-state index in [9.17, 15) is 10.1 Å². The van der Waals surface area contributed by atoms with Gasteiger partial charge in [-0.1, -0.05) is 18.7 Å². The number of nitrogens with zero attached hydrogens (tertiary/aromatic N) is 7. The molecule has 0 saturated carbocycles. The highest BCUT2D eigenvalue weighted by Gasteiger charge is 2.32. The first-order chi connectivity index (χ1) is 20.0. The molecule has 1 aromatic carbocycles. The number of nitriles is 1. The number of hydrogen-bond donors (Lipinski definition) is 0. The van der Waals surface area contributed by atoms with Crippen LogP contribution in [0.5, 0.6) is 5.88 Å². The monoisotopic (exact) mass is 555 g/mol. The van der Waals surface area contributed by atoms with Crippen LogP contribution < -0.4 is 14.5 Å². The normalized spacial score (nSPS) is 21.3. The Kier molecular flexibility index (Phi) is 7.87. The first kappa shape index (κ1) is 27.6. The standard InChI is InChI=1S/C32H41N7O2/c1-4-30(40)37-15-17-38(18-16-37)31-25-11-14-39(29-9-5-7-23-10-13-35(2)20-27(23)29)21-28(25)34-32(26(31)19-33)41-22-24-8-6-12-36(24)3/h4-5,7,9,24H,1,6,8,10-18,20-22H2,2-3H3/t24-/m0/s1. The van der Waals surface area contributed by atoms with Crippen LogP contribution in [0.1, 0.15) is 40.8 Å². The number of likely N-dealkylation sites (N-methyl/N-ethyl adjacent to an activating group) is 2. The molecule has 1 amide bonds. The Morgan fingerprint density at radius 2 is 1.90 bits per heavy atom. The highest BCUT2D eigenvalue weighted by Crippen LogP contribution is 2.39. The minimum Gasteiger partial charge on any atom is -0.475 e. The number of pyridine rings is 1. The van der Waals surface area contributed by atoms with Crippen molar-refractivity contribution in [3.8, 4) is 11.9 Å². The van der Waals surface area contributed by atoms with E-state index in [1.807, 2.05) is 4.90 Å². The highest BCUT2D eigenvalue weighted by atomic mass is 16.5. The molecule has 9 nitrogen and oxygen atoms in total. The number of piperazine rings is 1. The van der Waals surface area contributed by atoms with E-state index in [2.05, 4.69) is 64.5 Å². The Morgan fingerprint density at radius 1 is 1.07 bits per heavy atom. The number of anilines is 2. The Morgan fingerprint density at radius 3 is 2.63 bits per heavy atom. The molecule has 4 aliphatic rings. The number of aromatic nitrogens is 1. The zero-order chi connectivity index (χ0) is 28.5. The Labute approximate surface area is 243 Å². The van der Waals surface area contributed by atoms with E-state index in [1.54, 1.807) is 0 Å². The summed E-state index contributed by atoms with van der Waals surface area (Å²) in [5.41, 5.74) is 7.77. The van der Waals surface area contributed by atoms with E-state index >= 15 is 0 Å². The minimum absolute atomic E-state index is 0.0425. The average molecular weight is 556 g/mol. The van der Waals surface area contributed by atoms with Crippen molar-refractivity contribution in [1.29, 1.82) is 5.26 Å². The summed E-state index contributed by atoms with van der Waals surface area (Å²) in [5.74, 6) is 0.405. The first-order valence-corrected chi connectivity index (χ1v) is 15.0. The zero-order valence-electron chi connectivity index (χ0n) is 24.4. The van der Waals surface area contributed by atoms with Gasteiger partial charge in [0, 0.05) is 63.1 Å². The number of amides is 1. The van der Waals surface area contributed by atoms with Crippen LogP contribution in [0.15, 0.2) is 30.9 Å². The van der Waals surface area contributed by atoms with E-state index in [0.717, 1.165) is 68.8 Å². The van der Waals surface area contributed by atoms with Crippen molar-refractivity contribution in [2.45, 2.75) is 44.8 Å². The number of hydrogen-bond acceptors (Lipinski definition) is 8. The number of fused-ring (bicyclic) bond motifs is 2. The number of rotatable bonds is 6. The molecule has 41 heavy (non-hydrogen) atoms. The maximum atomic E-state index is 12.2. The fourth-order valence-electron chi connectivity index (χ4n) is 6.93. The second-order valence-corrected chi connectivity index (χ2v) is 11.9. The van der Waals surface area contributed by atoms with Crippen LogP contribution in [0, 0.1) is 11.3 Å². The summed E-state index contributed by atoms with van der Waals surface area (Å²) in [4.78, 5) is 28.6. The number of ether oxygens (including phenoxy) is 1. The van der Waals surface area contributed by atoms with Crippen molar-refractivity contribution < 1.29 is 9.53 Å². The van der Waals surface area contributed by atoms with E-state index < -0.39 is 0 Å². The van der Waals surface area contributed by atoms with Crippen LogP contribution in [0.2, 0.25) is 0 Å². The largest absolute Gasteiger partial charge is 0.475 e. The van der Waals surface area contributed by atoms with Crippen LogP contribution in [-0.2, 0) is 30.7 Å². The van der Waals surface area contributed by atoms with Crippen molar-refractivity contribution >= 4 is 17.3 Å². The number of likely N-dealkylation sites (tertiary alicyclic amines) is 1. The molecule has 0 spiro atoms. The summed E-state index contributed by atoms with van der Waals surface area (Å²) in [5, 5.41) is 10.4. The van der Waals surface area contributed by atoms with Crippen LogP contribution in [0.25, 0.3) is 0 Å². The minimum atomic E-state index is -0.0425. The van der Waals surface area contributed by atoms with Gasteiger partial charge in [0.25, 0.3) is 0 Å². The molecule has 0 N–H and O–H groups in total. The molecule has 2 fully saturated rings. The second-order valence-electron chi connectivity index (χ2n) is 11.9. The van der Waals surface area contributed by atoms with Gasteiger partial charge in [0.05, 0.1) is 17.9 Å². The molecule has 0 unspecified atom stereocenters. The van der Waals surface area contributed by atoms with Gasteiger partial charge >= 0.3 is 0 Å². The summed E-state index contributed by atoms with van der Waals surface area (Å²) >= 11 is 0.